The maximum Gasteiger partial charge on any atom is 0.254 e. The molecule has 0 aromatic heterocycles. The third kappa shape index (κ3) is 3.30. The molecule has 2 aromatic carbocycles. The number of fused-ring (bicyclic) bond motifs is 1. The summed E-state index contributed by atoms with van der Waals surface area (Å²) in [6.45, 7) is 2.64. The Morgan fingerprint density at radius 3 is 2.59 bits per heavy atom. The fraction of sp³-hybridized carbons (Fsp3) is 0.333. The van der Waals surface area contributed by atoms with Crippen molar-refractivity contribution in [3.8, 4) is 23.0 Å². The van der Waals surface area contributed by atoms with Gasteiger partial charge in [0.15, 0.2) is 11.5 Å². The van der Waals surface area contributed by atoms with Crippen LogP contribution in [0.3, 0.4) is 0 Å². The van der Waals surface area contributed by atoms with Gasteiger partial charge in [-0.25, -0.2) is 0 Å². The molecule has 152 valence electrons. The van der Waals surface area contributed by atoms with Crippen LogP contribution in [-0.2, 0) is 4.79 Å². The molecule has 0 bridgehead atoms. The smallest absolute Gasteiger partial charge is 0.254 e. The van der Waals surface area contributed by atoms with E-state index in [1.807, 2.05) is 0 Å². The Kier molecular flexibility index (Phi) is 4.92. The van der Waals surface area contributed by atoms with Crippen molar-refractivity contribution < 1.29 is 28.5 Å². The van der Waals surface area contributed by atoms with Crippen LogP contribution in [-0.4, -0.2) is 56.9 Å². The summed E-state index contributed by atoms with van der Waals surface area (Å²) in [5, 5.41) is 0. The lowest BCUT2D eigenvalue weighted by Gasteiger charge is -2.39. The van der Waals surface area contributed by atoms with E-state index in [2.05, 4.69) is 0 Å². The zero-order valence-electron chi connectivity index (χ0n) is 16.5. The van der Waals surface area contributed by atoms with Crippen molar-refractivity contribution in [3.63, 3.8) is 0 Å². The topological polar surface area (TPSA) is 77.5 Å². The summed E-state index contributed by atoms with van der Waals surface area (Å²) in [4.78, 5) is 29.3. The van der Waals surface area contributed by atoms with Crippen LogP contribution in [0.5, 0.6) is 23.0 Å². The van der Waals surface area contributed by atoms with Crippen LogP contribution in [0.1, 0.15) is 17.3 Å². The van der Waals surface area contributed by atoms with Gasteiger partial charge in [-0.05, 0) is 37.3 Å². The molecule has 29 heavy (non-hydrogen) atoms. The Morgan fingerprint density at radius 1 is 1.03 bits per heavy atom. The Morgan fingerprint density at radius 2 is 1.83 bits per heavy atom. The Labute approximate surface area is 168 Å². The van der Waals surface area contributed by atoms with Gasteiger partial charge in [-0.2, -0.15) is 0 Å². The summed E-state index contributed by atoms with van der Waals surface area (Å²) >= 11 is 0. The summed E-state index contributed by atoms with van der Waals surface area (Å²) < 4.78 is 21.3. The molecule has 0 N–H and O–H groups in total. The number of carbonyl (C=O) groups is 2. The lowest BCUT2D eigenvalue weighted by Crippen LogP contribution is -2.57. The number of methoxy groups -OCH3 is 2. The number of amides is 2. The van der Waals surface area contributed by atoms with E-state index in [0.717, 1.165) is 0 Å². The molecular weight excluding hydrogens is 376 g/mol. The largest absolute Gasteiger partial charge is 0.497 e. The number of benzene rings is 2. The first kappa shape index (κ1) is 18.9. The van der Waals surface area contributed by atoms with Crippen molar-refractivity contribution in [3.05, 3.63) is 42.0 Å². The summed E-state index contributed by atoms with van der Waals surface area (Å²) in [7, 11) is 3.12. The van der Waals surface area contributed by atoms with Crippen LogP contribution in [0.4, 0.5) is 5.69 Å². The minimum absolute atomic E-state index is 0.143. The van der Waals surface area contributed by atoms with Crippen LogP contribution >= 0.6 is 0 Å². The summed E-state index contributed by atoms with van der Waals surface area (Å²) in [5.74, 6) is 1.95. The Hall–Kier alpha value is -3.42. The normalized spacial score (nSPS) is 18.0. The van der Waals surface area contributed by atoms with Crippen LogP contribution in [0, 0.1) is 0 Å². The van der Waals surface area contributed by atoms with Crippen LogP contribution in [0.15, 0.2) is 36.4 Å². The fourth-order valence-corrected chi connectivity index (χ4v) is 3.59. The molecule has 8 nitrogen and oxygen atoms in total. The molecule has 0 radical (unpaired) electrons. The van der Waals surface area contributed by atoms with Gasteiger partial charge >= 0.3 is 0 Å². The van der Waals surface area contributed by atoms with Crippen molar-refractivity contribution in [2.45, 2.75) is 13.0 Å². The second-order valence-electron chi connectivity index (χ2n) is 6.77. The van der Waals surface area contributed by atoms with Crippen molar-refractivity contribution in [1.82, 2.24) is 4.90 Å². The molecule has 0 aliphatic carbocycles. The van der Waals surface area contributed by atoms with Gasteiger partial charge in [-0.1, -0.05) is 0 Å². The van der Waals surface area contributed by atoms with E-state index in [-0.39, 0.29) is 18.6 Å². The SMILES string of the molecule is COc1ccc(N2CCN(C(=O)c3ccc4c(c3)OCO4)[C@H](C)C2=O)c(OC)c1. The lowest BCUT2D eigenvalue weighted by atomic mass is 10.1. The zero-order chi connectivity index (χ0) is 20.5. The van der Waals surface area contributed by atoms with Crippen LogP contribution < -0.4 is 23.8 Å². The molecule has 2 heterocycles. The molecular formula is C21H22N2O6. The monoisotopic (exact) mass is 398 g/mol. The fourth-order valence-electron chi connectivity index (χ4n) is 3.59. The summed E-state index contributed by atoms with van der Waals surface area (Å²) in [5.41, 5.74) is 1.12. The highest BCUT2D eigenvalue weighted by molar-refractivity contribution is 6.04. The number of nitrogens with zero attached hydrogens (tertiary/aromatic N) is 2. The Balaban J connectivity index is 1.55. The van der Waals surface area contributed by atoms with Gasteiger partial charge in [0.25, 0.3) is 5.91 Å². The number of piperazine rings is 1. The van der Waals surface area contributed by atoms with Crippen molar-refractivity contribution in [2.24, 2.45) is 0 Å². The standard InChI is InChI=1S/C21H22N2O6/c1-13-20(24)23(16-6-5-15(26-2)11-18(16)27-3)9-8-22(13)21(25)14-4-7-17-19(10-14)29-12-28-17/h4-7,10-11,13H,8-9,12H2,1-3H3/t13-/m1/s1. The highest BCUT2D eigenvalue weighted by atomic mass is 16.7. The molecule has 0 unspecified atom stereocenters. The number of hydrogen-bond donors (Lipinski definition) is 0. The van der Waals surface area contributed by atoms with E-state index in [4.69, 9.17) is 18.9 Å². The first-order chi connectivity index (χ1) is 14.0. The molecule has 0 spiro atoms. The summed E-state index contributed by atoms with van der Waals surface area (Å²) in [6, 6.07) is 9.73. The first-order valence-corrected chi connectivity index (χ1v) is 9.27. The van der Waals surface area contributed by atoms with E-state index >= 15 is 0 Å². The zero-order valence-corrected chi connectivity index (χ0v) is 16.5. The van der Waals surface area contributed by atoms with Gasteiger partial charge in [0.2, 0.25) is 12.7 Å². The first-order valence-electron chi connectivity index (χ1n) is 9.27. The number of hydrogen-bond acceptors (Lipinski definition) is 6. The molecule has 2 aromatic rings. The number of carbonyl (C=O) groups excluding carboxylic acids is 2. The maximum absolute atomic E-state index is 13.1. The van der Waals surface area contributed by atoms with Gasteiger partial charge < -0.3 is 28.7 Å². The molecule has 2 aliphatic rings. The van der Waals surface area contributed by atoms with Crippen molar-refractivity contribution in [2.75, 3.05) is 39.0 Å². The lowest BCUT2D eigenvalue weighted by molar-refractivity contribution is -0.124. The molecule has 1 fully saturated rings. The quantitative estimate of drug-likeness (QED) is 0.787. The van der Waals surface area contributed by atoms with Crippen LogP contribution in [0.2, 0.25) is 0 Å². The van der Waals surface area contributed by atoms with E-state index < -0.39 is 6.04 Å². The van der Waals surface area contributed by atoms with E-state index in [0.29, 0.717) is 47.3 Å². The molecule has 8 heteroatoms. The molecule has 2 amide bonds. The molecule has 0 saturated carbocycles. The van der Waals surface area contributed by atoms with E-state index in [9.17, 15) is 9.59 Å². The third-order valence-corrected chi connectivity index (χ3v) is 5.21. The van der Waals surface area contributed by atoms with Gasteiger partial charge in [-0.3, -0.25) is 9.59 Å². The second-order valence-corrected chi connectivity index (χ2v) is 6.77. The predicted octanol–water partition coefficient (Wildman–Crippen LogP) is 2.31. The van der Waals surface area contributed by atoms with Crippen molar-refractivity contribution in [1.29, 1.82) is 0 Å². The van der Waals surface area contributed by atoms with Crippen molar-refractivity contribution >= 4 is 17.5 Å². The minimum atomic E-state index is -0.617. The Bertz CT molecular complexity index is 960. The van der Waals surface area contributed by atoms with Crippen LogP contribution in [0.25, 0.3) is 0 Å². The highest BCUT2D eigenvalue weighted by Gasteiger charge is 2.36. The third-order valence-electron chi connectivity index (χ3n) is 5.21. The van der Waals surface area contributed by atoms with E-state index in [1.54, 1.807) is 67.3 Å². The minimum Gasteiger partial charge on any atom is -0.497 e. The second kappa shape index (κ2) is 7.54. The number of anilines is 1. The average Bonchev–Trinajstić information content (AvgIpc) is 3.22. The molecule has 1 saturated heterocycles. The molecule has 2 aliphatic heterocycles. The highest BCUT2D eigenvalue weighted by Crippen LogP contribution is 2.35. The molecule has 1 atom stereocenters. The number of ether oxygens (including phenoxy) is 4. The number of rotatable bonds is 4. The van der Waals surface area contributed by atoms with Gasteiger partial charge in [0, 0.05) is 24.7 Å². The van der Waals surface area contributed by atoms with Gasteiger partial charge in [0.05, 0.1) is 19.9 Å². The van der Waals surface area contributed by atoms with E-state index in [1.165, 1.54) is 0 Å². The average molecular weight is 398 g/mol. The van der Waals surface area contributed by atoms with Gasteiger partial charge in [0.1, 0.15) is 17.5 Å². The maximum atomic E-state index is 13.1. The summed E-state index contributed by atoms with van der Waals surface area (Å²) in [6.07, 6.45) is 0. The predicted molar refractivity (Wildman–Crippen MR) is 105 cm³/mol. The van der Waals surface area contributed by atoms with Gasteiger partial charge in [-0.15, -0.1) is 0 Å². The molecule has 4 rings (SSSR count).